The number of hydrogen-bond acceptors (Lipinski definition) is 6. The first kappa shape index (κ1) is 14.1. The van der Waals surface area contributed by atoms with Crippen LogP contribution in [-0.2, 0) is 11.2 Å². The van der Waals surface area contributed by atoms with Crippen molar-refractivity contribution in [2.45, 2.75) is 6.42 Å². The Balaban J connectivity index is 1.46. The van der Waals surface area contributed by atoms with Gasteiger partial charge >= 0.3 is 0 Å². The summed E-state index contributed by atoms with van der Waals surface area (Å²) in [5.41, 5.74) is 1.76. The lowest BCUT2D eigenvalue weighted by atomic mass is 10.1. The second-order valence-electron chi connectivity index (χ2n) is 5.07. The normalized spacial score (nSPS) is 10.8. The van der Waals surface area contributed by atoms with Crippen molar-refractivity contribution in [3.05, 3.63) is 60.8 Å². The molecule has 1 amide bonds. The van der Waals surface area contributed by atoms with Crippen LogP contribution in [0.25, 0.3) is 16.9 Å². The summed E-state index contributed by atoms with van der Waals surface area (Å²) in [6, 6.07) is 9.20. The summed E-state index contributed by atoms with van der Waals surface area (Å²) in [6.07, 6.45) is 6.55. The van der Waals surface area contributed by atoms with Gasteiger partial charge in [0.05, 0.1) is 24.5 Å². The highest BCUT2D eigenvalue weighted by Gasteiger charge is 2.12. The third-order valence-electron chi connectivity index (χ3n) is 3.41. The lowest BCUT2D eigenvalue weighted by Gasteiger charge is -2.04. The summed E-state index contributed by atoms with van der Waals surface area (Å²) in [6.45, 7) is 0. The summed E-state index contributed by atoms with van der Waals surface area (Å²) in [5.74, 6) is 0.213. The van der Waals surface area contributed by atoms with E-state index in [4.69, 9.17) is 4.52 Å². The van der Waals surface area contributed by atoms with E-state index in [0.717, 1.165) is 5.39 Å². The van der Waals surface area contributed by atoms with E-state index in [2.05, 4.69) is 25.5 Å². The minimum Gasteiger partial charge on any atom is -0.356 e. The number of carbonyl (C=O) groups excluding carboxylic acids is 1. The average Bonchev–Trinajstić information content (AvgIpc) is 3.26. The molecule has 0 saturated carbocycles. The maximum Gasteiger partial charge on any atom is 0.250 e. The van der Waals surface area contributed by atoms with Crippen molar-refractivity contribution in [3.63, 3.8) is 0 Å². The van der Waals surface area contributed by atoms with Gasteiger partial charge in [-0.25, -0.2) is 14.6 Å². The van der Waals surface area contributed by atoms with Gasteiger partial charge in [-0.1, -0.05) is 17.3 Å². The molecule has 8 heteroatoms. The molecule has 0 aliphatic heterocycles. The number of fused-ring (bicyclic) bond motifs is 1. The molecule has 24 heavy (non-hydrogen) atoms. The molecule has 0 radical (unpaired) electrons. The van der Waals surface area contributed by atoms with Gasteiger partial charge < -0.3 is 9.84 Å². The number of aromatic nitrogens is 5. The molecule has 4 aromatic rings. The fourth-order valence-corrected chi connectivity index (χ4v) is 2.31. The van der Waals surface area contributed by atoms with Gasteiger partial charge in [-0.3, -0.25) is 4.79 Å². The fraction of sp³-hybridized carbons (Fsp3) is 0.0625. The van der Waals surface area contributed by atoms with Crippen LogP contribution >= 0.6 is 0 Å². The Kier molecular flexibility index (Phi) is 3.47. The molecule has 0 unspecified atom stereocenters. The number of carbonyl (C=O) groups is 1. The number of anilines is 1. The first-order valence-corrected chi connectivity index (χ1v) is 7.25. The van der Waals surface area contributed by atoms with Gasteiger partial charge in [0.15, 0.2) is 5.58 Å². The minimum atomic E-state index is -0.218. The summed E-state index contributed by atoms with van der Waals surface area (Å²) in [5, 5.41) is 11.6. The topological polar surface area (TPSA) is 98.7 Å². The van der Waals surface area contributed by atoms with E-state index >= 15 is 0 Å². The first-order chi connectivity index (χ1) is 11.8. The molecule has 0 fully saturated rings. The molecule has 118 valence electrons. The Bertz CT molecular complexity index is 975. The second-order valence-corrected chi connectivity index (χ2v) is 5.07. The zero-order valence-electron chi connectivity index (χ0n) is 12.5. The third-order valence-corrected chi connectivity index (χ3v) is 3.41. The molecule has 0 bridgehead atoms. The van der Waals surface area contributed by atoms with E-state index in [0.29, 0.717) is 22.9 Å². The Morgan fingerprint density at radius 1 is 1.17 bits per heavy atom. The predicted molar refractivity (Wildman–Crippen MR) is 85.5 cm³/mol. The monoisotopic (exact) mass is 320 g/mol. The van der Waals surface area contributed by atoms with Crippen molar-refractivity contribution in [2.75, 3.05) is 5.32 Å². The van der Waals surface area contributed by atoms with Crippen LogP contribution in [0.2, 0.25) is 0 Å². The van der Waals surface area contributed by atoms with Crippen molar-refractivity contribution < 1.29 is 9.32 Å². The molecule has 0 aliphatic carbocycles. The largest absolute Gasteiger partial charge is 0.356 e. The minimum absolute atomic E-state index is 0.109. The summed E-state index contributed by atoms with van der Waals surface area (Å²) < 4.78 is 6.73. The number of rotatable bonds is 4. The van der Waals surface area contributed by atoms with Gasteiger partial charge in [-0.15, -0.1) is 0 Å². The van der Waals surface area contributed by atoms with Crippen LogP contribution < -0.4 is 5.32 Å². The van der Waals surface area contributed by atoms with Crippen LogP contribution in [0.4, 0.5) is 5.69 Å². The zero-order chi connectivity index (χ0) is 16.4. The van der Waals surface area contributed by atoms with Gasteiger partial charge in [0, 0.05) is 17.8 Å². The van der Waals surface area contributed by atoms with Gasteiger partial charge in [-0.2, -0.15) is 5.10 Å². The molecule has 1 N–H and O–H groups in total. The number of amides is 1. The highest BCUT2D eigenvalue weighted by Crippen LogP contribution is 2.18. The van der Waals surface area contributed by atoms with Gasteiger partial charge in [0.1, 0.15) is 5.69 Å². The molecular weight excluding hydrogens is 308 g/mol. The Morgan fingerprint density at radius 3 is 2.79 bits per heavy atom. The van der Waals surface area contributed by atoms with E-state index in [1.165, 1.54) is 17.1 Å². The van der Waals surface area contributed by atoms with Gasteiger partial charge in [0.25, 0.3) is 5.95 Å². The number of hydrogen-bond donors (Lipinski definition) is 1. The molecule has 1 aromatic carbocycles. The standard InChI is InChI=1S/C16H12N6O2/c23-15(8-13-12-4-1-2-5-14(12)24-21-13)20-11-9-17-16(18-10-11)22-7-3-6-19-22/h1-7,9-10H,8H2,(H,20,23). The zero-order valence-corrected chi connectivity index (χ0v) is 12.5. The molecule has 0 aliphatic rings. The highest BCUT2D eigenvalue weighted by atomic mass is 16.5. The number of benzene rings is 1. The summed E-state index contributed by atoms with van der Waals surface area (Å²) in [7, 11) is 0. The van der Waals surface area contributed by atoms with Crippen LogP contribution in [0.1, 0.15) is 5.69 Å². The van der Waals surface area contributed by atoms with E-state index < -0.39 is 0 Å². The van der Waals surface area contributed by atoms with Crippen LogP contribution in [0.3, 0.4) is 0 Å². The van der Waals surface area contributed by atoms with Gasteiger partial charge in [-0.05, 0) is 18.2 Å². The SMILES string of the molecule is O=C(Cc1noc2ccccc12)Nc1cnc(-n2cccn2)nc1. The van der Waals surface area contributed by atoms with Gasteiger partial charge in [0.2, 0.25) is 5.91 Å². The average molecular weight is 320 g/mol. The molecule has 0 saturated heterocycles. The van der Waals surface area contributed by atoms with Crippen LogP contribution in [-0.4, -0.2) is 30.8 Å². The highest BCUT2D eigenvalue weighted by molar-refractivity contribution is 5.94. The van der Waals surface area contributed by atoms with E-state index in [1.807, 2.05) is 24.3 Å². The summed E-state index contributed by atoms with van der Waals surface area (Å²) >= 11 is 0. The lowest BCUT2D eigenvalue weighted by molar-refractivity contribution is -0.115. The van der Waals surface area contributed by atoms with Crippen LogP contribution in [0.5, 0.6) is 0 Å². The van der Waals surface area contributed by atoms with E-state index in [-0.39, 0.29) is 12.3 Å². The van der Waals surface area contributed by atoms with Crippen molar-refractivity contribution in [3.8, 4) is 5.95 Å². The maximum atomic E-state index is 12.2. The smallest absolute Gasteiger partial charge is 0.250 e. The van der Waals surface area contributed by atoms with E-state index in [9.17, 15) is 4.79 Å². The number of nitrogens with one attached hydrogen (secondary N) is 1. The van der Waals surface area contributed by atoms with Crippen molar-refractivity contribution in [1.82, 2.24) is 24.9 Å². The molecule has 8 nitrogen and oxygen atoms in total. The van der Waals surface area contributed by atoms with E-state index in [1.54, 1.807) is 18.5 Å². The molecule has 0 atom stereocenters. The quantitative estimate of drug-likeness (QED) is 0.617. The Morgan fingerprint density at radius 2 is 2.00 bits per heavy atom. The molecule has 3 heterocycles. The second kappa shape index (κ2) is 5.92. The van der Waals surface area contributed by atoms with Crippen molar-refractivity contribution >= 4 is 22.6 Å². The Labute approximate surface area is 136 Å². The number of nitrogens with zero attached hydrogens (tertiary/aromatic N) is 5. The maximum absolute atomic E-state index is 12.2. The molecular formula is C16H12N6O2. The number of para-hydroxylation sites is 1. The Hall–Kier alpha value is -3.55. The first-order valence-electron chi connectivity index (χ1n) is 7.25. The van der Waals surface area contributed by atoms with Crippen molar-refractivity contribution in [2.24, 2.45) is 0 Å². The lowest BCUT2D eigenvalue weighted by Crippen LogP contribution is -2.15. The predicted octanol–water partition coefficient (Wildman–Crippen LogP) is 1.98. The third kappa shape index (κ3) is 2.72. The fourth-order valence-electron chi connectivity index (χ4n) is 2.31. The summed E-state index contributed by atoms with van der Waals surface area (Å²) in [4.78, 5) is 20.5. The molecule has 3 aromatic heterocycles. The van der Waals surface area contributed by atoms with Crippen LogP contribution in [0, 0.1) is 0 Å². The molecule has 4 rings (SSSR count). The van der Waals surface area contributed by atoms with Crippen molar-refractivity contribution in [1.29, 1.82) is 0 Å². The molecule has 0 spiro atoms. The van der Waals surface area contributed by atoms with Crippen LogP contribution in [0.15, 0.2) is 59.6 Å².